The Morgan fingerprint density at radius 2 is 1.89 bits per heavy atom. The number of amides is 2. The van der Waals surface area contributed by atoms with E-state index in [1.807, 2.05) is 20.8 Å². The molecule has 1 aromatic carbocycles. The van der Waals surface area contributed by atoms with Gasteiger partial charge in [-0.05, 0) is 31.0 Å². The van der Waals surface area contributed by atoms with Crippen molar-refractivity contribution in [2.24, 2.45) is 5.92 Å². The number of halogens is 1. The summed E-state index contributed by atoms with van der Waals surface area (Å²) < 4.78 is 0. The molecule has 3 N–H and O–H groups in total. The van der Waals surface area contributed by atoms with Crippen LogP contribution in [0.1, 0.15) is 31.1 Å². The van der Waals surface area contributed by atoms with Crippen molar-refractivity contribution in [3.05, 3.63) is 28.8 Å². The Bertz CT molecular complexity index is 489. The maximum Gasteiger partial charge on any atom is 0.337 e. The van der Waals surface area contributed by atoms with E-state index < -0.39 is 12.0 Å². The van der Waals surface area contributed by atoms with Crippen molar-refractivity contribution < 1.29 is 14.7 Å². The maximum atomic E-state index is 11.7. The Morgan fingerprint density at radius 1 is 1.26 bits per heavy atom. The fraction of sp³-hybridized carbons (Fsp3) is 0.385. The van der Waals surface area contributed by atoms with Crippen molar-refractivity contribution in [3.63, 3.8) is 0 Å². The van der Waals surface area contributed by atoms with E-state index in [4.69, 9.17) is 16.7 Å². The number of hydrogen-bond donors (Lipinski definition) is 3. The van der Waals surface area contributed by atoms with E-state index in [1.54, 1.807) is 0 Å². The van der Waals surface area contributed by atoms with Gasteiger partial charge in [-0.15, -0.1) is 0 Å². The van der Waals surface area contributed by atoms with Gasteiger partial charge in [0.2, 0.25) is 0 Å². The summed E-state index contributed by atoms with van der Waals surface area (Å²) in [4.78, 5) is 22.8. The average Bonchev–Trinajstić information content (AvgIpc) is 2.30. The molecule has 0 fully saturated rings. The van der Waals surface area contributed by atoms with E-state index in [9.17, 15) is 9.59 Å². The van der Waals surface area contributed by atoms with Crippen LogP contribution in [0.4, 0.5) is 10.5 Å². The van der Waals surface area contributed by atoms with Gasteiger partial charge in [-0.2, -0.15) is 0 Å². The highest BCUT2D eigenvalue weighted by atomic mass is 35.5. The molecule has 2 amide bonds. The van der Waals surface area contributed by atoms with Crippen LogP contribution < -0.4 is 10.6 Å². The first kappa shape index (κ1) is 15.3. The highest BCUT2D eigenvalue weighted by Crippen LogP contribution is 2.20. The number of anilines is 1. The molecule has 104 valence electrons. The standard InChI is InChI=1S/C13H17ClN2O3/c1-7(2)8(3)15-13(19)16-11-5-4-9(14)6-10(11)12(17)18/h4-8H,1-3H3,(H,17,18)(H2,15,16,19). The SMILES string of the molecule is CC(C)C(C)NC(=O)Nc1ccc(Cl)cc1C(=O)O. The summed E-state index contributed by atoms with van der Waals surface area (Å²) in [6.07, 6.45) is 0. The molecule has 1 aromatic rings. The smallest absolute Gasteiger partial charge is 0.337 e. The highest BCUT2D eigenvalue weighted by molar-refractivity contribution is 6.31. The van der Waals surface area contributed by atoms with Gasteiger partial charge in [0.1, 0.15) is 0 Å². The normalized spacial score (nSPS) is 12.1. The second-order valence-corrected chi connectivity index (χ2v) is 5.06. The van der Waals surface area contributed by atoms with Gasteiger partial charge in [0.15, 0.2) is 0 Å². The summed E-state index contributed by atoms with van der Waals surface area (Å²) in [5, 5.41) is 14.6. The lowest BCUT2D eigenvalue weighted by Gasteiger charge is -2.18. The molecule has 0 heterocycles. The van der Waals surface area contributed by atoms with Gasteiger partial charge >= 0.3 is 12.0 Å². The first-order chi connectivity index (χ1) is 8.81. The average molecular weight is 285 g/mol. The Labute approximate surface area is 117 Å². The minimum atomic E-state index is -1.14. The van der Waals surface area contributed by atoms with Gasteiger partial charge in [0, 0.05) is 11.1 Å². The van der Waals surface area contributed by atoms with Crippen molar-refractivity contribution in [2.45, 2.75) is 26.8 Å². The zero-order valence-electron chi connectivity index (χ0n) is 11.0. The van der Waals surface area contributed by atoms with E-state index >= 15 is 0 Å². The van der Waals surface area contributed by atoms with E-state index in [1.165, 1.54) is 18.2 Å². The maximum absolute atomic E-state index is 11.7. The Hall–Kier alpha value is -1.75. The third-order valence-corrected chi connectivity index (χ3v) is 3.05. The van der Waals surface area contributed by atoms with Crippen molar-refractivity contribution in [3.8, 4) is 0 Å². The lowest BCUT2D eigenvalue weighted by Crippen LogP contribution is -2.39. The molecular weight excluding hydrogens is 268 g/mol. The van der Waals surface area contributed by atoms with Crippen LogP contribution >= 0.6 is 11.6 Å². The number of carbonyl (C=O) groups excluding carboxylic acids is 1. The minimum Gasteiger partial charge on any atom is -0.478 e. The van der Waals surface area contributed by atoms with Crippen molar-refractivity contribution in [2.75, 3.05) is 5.32 Å². The monoisotopic (exact) mass is 284 g/mol. The van der Waals surface area contributed by atoms with E-state index in [2.05, 4.69) is 10.6 Å². The van der Waals surface area contributed by atoms with Gasteiger partial charge in [0.05, 0.1) is 11.3 Å². The summed E-state index contributed by atoms with van der Waals surface area (Å²) in [6.45, 7) is 5.84. The molecular formula is C13H17ClN2O3. The van der Waals surface area contributed by atoms with Crippen molar-refractivity contribution >= 4 is 29.3 Å². The lowest BCUT2D eigenvalue weighted by molar-refractivity contribution is 0.0698. The molecule has 0 saturated heterocycles. The van der Waals surface area contributed by atoms with E-state index in [0.717, 1.165) is 0 Å². The first-order valence-corrected chi connectivity index (χ1v) is 6.29. The number of aromatic carboxylic acids is 1. The molecule has 0 spiro atoms. The third-order valence-electron chi connectivity index (χ3n) is 2.82. The molecule has 0 aliphatic carbocycles. The van der Waals surface area contributed by atoms with Gasteiger partial charge in [-0.1, -0.05) is 25.4 Å². The Morgan fingerprint density at radius 3 is 2.42 bits per heavy atom. The molecule has 0 aliphatic heterocycles. The number of carboxylic acid groups (broad SMARTS) is 1. The molecule has 0 aliphatic rings. The Kier molecular flexibility index (Phi) is 5.18. The zero-order chi connectivity index (χ0) is 14.6. The van der Waals surface area contributed by atoms with Crippen LogP contribution in [0.2, 0.25) is 5.02 Å². The quantitative estimate of drug-likeness (QED) is 0.794. The highest BCUT2D eigenvalue weighted by Gasteiger charge is 2.15. The van der Waals surface area contributed by atoms with Gasteiger partial charge in [-0.3, -0.25) is 0 Å². The van der Waals surface area contributed by atoms with Crippen LogP contribution in [0.5, 0.6) is 0 Å². The summed E-state index contributed by atoms with van der Waals surface area (Å²) in [5.41, 5.74) is 0.171. The number of benzene rings is 1. The molecule has 1 atom stereocenters. The third kappa shape index (κ3) is 4.44. The largest absolute Gasteiger partial charge is 0.478 e. The first-order valence-electron chi connectivity index (χ1n) is 5.91. The summed E-state index contributed by atoms with van der Waals surface area (Å²) in [6, 6.07) is 3.83. The van der Waals surface area contributed by atoms with Crippen molar-refractivity contribution in [1.29, 1.82) is 0 Å². The molecule has 0 aromatic heterocycles. The predicted molar refractivity (Wildman–Crippen MR) is 74.9 cm³/mol. The Balaban J connectivity index is 2.82. The van der Waals surface area contributed by atoms with Gasteiger partial charge in [0.25, 0.3) is 0 Å². The molecule has 5 nitrogen and oxygen atoms in total. The molecule has 0 saturated carbocycles. The lowest BCUT2D eigenvalue weighted by atomic mass is 10.1. The number of rotatable bonds is 4. The topological polar surface area (TPSA) is 78.4 Å². The van der Waals surface area contributed by atoms with Crippen LogP contribution in [0.15, 0.2) is 18.2 Å². The number of urea groups is 1. The molecule has 0 bridgehead atoms. The molecule has 6 heteroatoms. The fourth-order valence-electron chi connectivity index (χ4n) is 1.33. The molecule has 1 rings (SSSR count). The van der Waals surface area contributed by atoms with Crippen LogP contribution in [0.3, 0.4) is 0 Å². The van der Waals surface area contributed by atoms with Gasteiger partial charge in [-0.25, -0.2) is 9.59 Å². The molecule has 0 radical (unpaired) electrons. The number of nitrogens with one attached hydrogen (secondary N) is 2. The van der Waals surface area contributed by atoms with Gasteiger partial charge < -0.3 is 15.7 Å². The van der Waals surface area contributed by atoms with E-state index in [-0.39, 0.29) is 23.2 Å². The van der Waals surface area contributed by atoms with Crippen LogP contribution in [-0.4, -0.2) is 23.1 Å². The van der Waals surface area contributed by atoms with Crippen LogP contribution in [0, 0.1) is 5.92 Å². The fourth-order valence-corrected chi connectivity index (χ4v) is 1.51. The second-order valence-electron chi connectivity index (χ2n) is 4.63. The predicted octanol–water partition coefficient (Wildman–Crippen LogP) is 3.20. The zero-order valence-corrected chi connectivity index (χ0v) is 11.8. The van der Waals surface area contributed by atoms with Crippen molar-refractivity contribution in [1.82, 2.24) is 5.32 Å². The van der Waals surface area contributed by atoms with Crippen LogP contribution in [0.25, 0.3) is 0 Å². The number of carbonyl (C=O) groups is 2. The molecule has 19 heavy (non-hydrogen) atoms. The minimum absolute atomic E-state index is 0.0134. The van der Waals surface area contributed by atoms with E-state index in [0.29, 0.717) is 5.02 Å². The second kappa shape index (κ2) is 6.43. The van der Waals surface area contributed by atoms with Crippen LogP contribution in [-0.2, 0) is 0 Å². The summed E-state index contributed by atoms with van der Waals surface area (Å²) >= 11 is 5.73. The molecule has 1 unspecified atom stereocenters. The number of hydrogen-bond acceptors (Lipinski definition) is 2. The number of carboxylic acids is 1. The summed E-state index contributed by atoms with van der Waals surface area (Å²) in [5.74, 6) is -0.857. The summed E-state index contributed by atoms with van der Waals surface area (Å²) in [7, 11) is 0.